The van der Waals surface area contributed by atoms with Crippen LogP contribution < -0.4 is 4.74 Å². The normalized spacial score (nSPS) is 10.1. The van der Waals surface area contributed by atoms with Crippen LogP contribution in [0.1, 0.15) is 11.1 Å². The van der Waals surface area contributed by atoms with Crippen molar-refractivity contribution in [2.24, 2.45) is 0 Å². The van der Waals surface area contributed by atoms with E-state index in [-0.39, 0.29) is 0 Å². The summed E-state index contributed by atoms with van der Waals surface area (Å²) in [6, 6.07) is 5.77. The van der Waals surface area contributed by atoms with Gasteiger partial charge in [0.05, 0.1) is 0 Å². The van der Waals surface area contributed by atoms with Crippen LogP contribution in [0, 0.1) is 6.92 Å². The quantitative estimate of drug-likeness (QED) is 0.810. The number of hydrogen-bond acceptors (Lipinski definition) is 3. The molecule has 2 aromatic rings. The Labute approximate surface area is 103 Å². The number of ether oxygens (including phenoxy) is 1. The van der Waals surface area contributed by atoms with Crippen LogP contribution in [0.25, 0.3) is 0 Å². The van der Waals surface area contributed by atoms with E-state index in [2.05, 4.69) is 32.0 Å². The fourth-order valence-electron chi connectivity index (χ4n) is 1.34. The van der Waals surface area contributed by atoms with Gasteiger partial charge in [-0.2, -0.15) is 0 Å². The molecule has 0 aliphatic rings. The first kappa shape index (κ1) is 11.1. The zero-order valence-corrected chi connectivity index (χ0v) is 10.4. The van der Waals surface area contributed by atoms with E-state index >= 15 is 0 Å². The summed E-state index contributed by atoms with van der Waals surface area (Å²) in [4.78, 5) is 8.20. The van der Waals surface area contributed by atoms with Gasteiger partial charge in [0, 0.05) is 24.2 Å². The topological polar surface area (TPSA) is 35.0 Å². The Morgan fingerprint density at radius 3 is 3.00 bits per heavy atom. The lowest BCUT2D eigenvalue weighted by molar-refractivity contribution is 0.302. The fourth-order valence-corrected chi connectivity index (χ4v) is 1.70. The highest BCUT2D eigenvalue weighted by Crippen LogP contribution is 2.22. The average molecular weight is 279 g/mol. The molecular formula is C12H11BrN2O. The van der Waals surface area contributed by atoms with Gasteiger partial charge < -0.3 is 4.74 Å². The predicted octanol–water partition coefficient (Wildman–Crippen LogP) is 3.13. The molecule has 0 fully saturated rings. The second-order valence-corrected chi connectivity index (χ2v) is 4.20. The molecule has 0 radical (unpaired) electrons. The number of hydrogen-bond donors (Lipinski definition) is 0. The van der Waals surface area contributed by atoms with E-state index in [0.717, 1.165) is 21.5 Å². The summed E-state index contributed by atoms with van der Waals surface area (Å²) in [6.07, 6.45) is 5.34. The van der Waals surface area contributed by atoms with Gasteiger partial charge in [0.15, 0.2) is 5.75 Å². The maximum Gasteiger partial charge on any atom is 0.152 e. The van der Waals surface area contributed by atoms with Crippen LogP contribution >= 0.6 is 15.9 Å². The average Bonchev–Trinajstić information content (AvgIpc) is 2.28. The summed E-state index contributed by atoms with van der Waals surface area (Å²) in [5.74, 6) is 0.740. The smallest absolute Gasteiger partial charge is 0.152 e. The molecule has 0 bridgehead atoms. The van der Waals surface area contributed by atoms with Crippen LogP contribution in [0.2, 0.25) is 0 Å². The minimum absolute atomic E-state index is 0.499. The molecule has 0 saturated carbocycles. The van der Waals surface area contributed by atoms with Gasteiger partial charge in [0.1, 0.15) is 11.2 Å². The van der Waals surface area contributed by atoms with Crippen LogP contribution in [-0.4, -0.2) is 9.97 Å². The summed E-state index contributed by atoms with van der Waals surface area (Å²) in [5, 5.41) is 0. The fraction of sp³-hybridized carbons (Fsp3) is 0.167. The van der Waals surface area contributed by atoms with Gasteiger partial charge in [-0.05, 0) is 46.6 Å². The highest BCUT2D eigenvalue weighted by atomic mass is 79.9. The number of nitrogens with zero attached hydrogens (tertiary/aromatic N) is 2. The molecule has 82 valence electrons. The molecule has 2 rings (SSSR count). The molecule has 16 heavy (non-hydrogen) atoms. The summed E-state index contributed by atoms with van der Waals surface area (Å²) in [5.41, 5.74) is 2.18. The summed E-state index contributed by atoms with van der Waals surface area (Å²) in [6.45, 7) is 2.51. The summed E-state index contributed by atoms with van der Waals surface area (Å²) < 4.78 is 6.35. The lowest BCUT2D eigenvalue weighted by atomic mass is 10.2. The predicted molar refractivity (Wildman–Crippen MR) is 65.2 cm³/mol. The zero-order chi connectivity index (χ0) is 11.4. The van der Waals surface area contributed by atoms with E-state index in [4.69, 9.17) is 4.74 Å². The Hall–Kier alpha value is -1.42. The van der Waals surface area contributed by atoms with E-state index in [1.54, 1.807) is 12.4 Å². The number of halogens is 1. The van der Waals surface area contributed by atoms with Crippen LogP contribution in [0.15, 0.2) is 41.4 Å². The van der Waals surface area contributed by atoms with Crippen molar-refractivity contribution in [3.05, 3.63) is 52.5 Å². The van der Waals surface area contributed by atoms with E-state index in [0.29, 0.717) is 6.61 Å². The molecular weight excluding hydrogens is 268 g/mol. The molecule has 2 aromatic heterocycles. The Kier molecular flexibility index (Phi) is 3.51. The van der Waals surface area contributed by atoms with Crippen molar-refractivity contribution in [2.45, 2.75) is 13.5 Å². The van der Waals surface area contributed by atoms with Crippen molar-refractivity contribution in [3.8, 4) is 5.75 Å². The van der Waals surface area contributed by atoms with Crippen molar-refractivity contribution in [2.75, 3.05) is 0 Å². The Morgan fingerprint density at radius 1 is 1.38 bits per heavy atom. The Bertz CT molecular complexity index is 488. The molecule has 0 spiro atoms. The summed E-state index contributed by atoms with van der Waals surface area (Å²) in [7, 11) is 0. The van der Waals surface area contributed by atoms with Crippen molar-refractivity contribution in [1.29, 1.82) is 0 Å². The minimum atomic E-state index is 0.499. The minimum Gasteiger partial charge on any atom is -0.486 e. The van der Waals surface area contributed by atoms with Gasteiger partial charge in [0.25, 0.3) is 0 Å². The molecule has 0 aromatic carbocycles. The van der Waals surface area contributed by atoms with Crippen molar-refractivity contribution in [3.63, 3.8) is 0 Å². The van der Waals surface area contributed by atoms with Crippen LogP contribution in [0.5, 0.6) is 5.75 Å². The highest BCUT2D eigenvalue weighted by Gasteiger charge is 2.01. The lowest BCUT2D eigenvalue weighted by Gasteiger charge is -2.07. The van der Waals surface area contributed by atoms with Gasteiger partial charge in [-0.25, -0.2) is 4.98 Å². The number of aryl methyl sites for hydroxylation is 1. The molecule has 0 saturated heterocycles. The Morgan fingerprint density at radius 2 is 2.25 bits per heavy atom. The van der Waals surface area contributed by atoms with Gasteiger partial charge in [-0.15, -0.1) is 0 Å². The molecule has 0 aliphatic heterocycles. The third-order valence-corrected chi connectivity index (χ3v) is 2.65. The number of rotatable bonds is 3. The monoisotopic (exact) mass is 278 g/mol. The first-order valence-corrected chi connectivity index (χ1v) is 5.69. The van der Waals surface area contributed by atoms with Crippen molar-refractivity contribution in [1.82, 2.24) is 9.97 Å². The lowest BCUT2D eigenvalue weighted by Crippen LogP contribution is -1.97. The largest absolute Gasteiger partial charge is 0.486 e. The molecule has 3 nitrogen and oxygen atoms in total. The molecule has 0 atom stereocenters. The van der Waals surface area contributed by atoms with E-state index in [9.17, 15) is 0 Å². The zero-order valence-electron chi connectivity index (χ0n) is 8.85. The molecule has 0 unspecified atom stereocenters. The maximum atomic E-state index is 5.63. The van der Waals surface area contributed by atoms with Crippen LogP contribution in [0.4, 0.5) is 0 Å². The van der Waals surface area contributed by atoms with Gasteiger partial charge in [-0.1, -0.05) is 0 Å². The number of aromatic nitrogens is 2. The van der Waals surface area contributed by atoms with Gasteiger partial charge >= 0.3 is 0 Å². The van der Waals surface area contributed by atoms with Crippen molar-refractivity contribution < 1.29 is 4.74 Å². The second-order valence-electron chi connectivity index (χ2n) is 3.45. The highest BCUT2D eigenvalue weighted by molar-refractivity contribution is 9.10. The first-order valence-electron chi connectivity index (χ1n) is 4.89. The Balaban J connectivity index is 2.05. The number of pyridine rings is 2. The molecule has 0 N–H and O–H groups in total. The van der Waals surface area contributed by atoms with E-state index in [1.807, 2.05) is 25.3 Å². The second kappa shape index (κ2) is 5.07. The van der Waals surface area contributed by atoms with Crippen LogP contribution in [0.3, 0.4) is 0 Å². The molecule has 4 heteroatoms. The third kappa shape index (κ3) is 2.79. The third-order valence-electron chi connectivity index (χ3n) is 2.05. The standard InChI is InChI=1S/C12H11BrN2O/c1-9-5-10(7-14-6-9)8-16-11-3-2-4-15-12(11)13/h2-7H,8H2,1H3. The van der Waals surface area contributed by atoms with Gasteiger partial charge in [-0.3, -0.25) is 4.98 Å². The molecule has 0 aliphatic carbocycles. The van der Waals surface area contributed by atoms with Crippen molar-refractivity contribution >= 4 is 15.9 Å². The maximum absolute atomic E-state index is 5.63. The SMILES string of the molecule is Cc1cncc(COc2cccnc2Br)c1. The van der Waals surface area contributed by atoms with Gasteiger partial charge in [0.2, 0.25) is 0 Å². The first-order chi connectivity index (χ1) is 7.75. The van der Waals surface area contributed by atoms with E-state index < -0.39 is 0 Å². The van der Waals surface area contributed by atoms with E-state index in [1.165, 1.54) is 0 Å². The molecule has 2 heterocycles. The molecule has 0 amide bonds. The summed E-state index contributed by atoms with van der Waals surface area (Å²) >= 11 is 3.33. The van der Waals surface area contributed by atoms with Crippen LogP contribution in [-0.2, 0) is 6.61 Å².